The molecule has 2 aromatic rings. The second-order valence-electron chi connectivity index (χ2n) is 7.54. The number of benzene rings is 2. The summed E-state index contributed by atoms with van der Waals surface area (Å²) in [6.45, 7) is 5.62. The highest BCUT2D eigenvalue weighted by atomic mass is 16.4. The van der Waals surface area contributed by atoms with E-state index in [0.29, 0.717) is 35.4 Å². The maximum absolute atomic E-state index is 12.8. The van der Waals surface area contributed by atoms with Crippen LogP contribution in [-0.4, -0.2) is 53.6 Å². The van der Waals surface area contributed by atoms with Crippen LogP contribution in [0.3, 0.4) is 0 Å². The number of nitrogens with one attached hydrogen (secondary N) is 1. The van der Waals surface area contributed by atoms with Crippen LogP contribution >= 0.6 is 0 Å². The minimum Gasteiger partial charge on any atom is -0.478 e. The maximum Gasteiger partial charge on any atom is 0.335 e. The summed E-state index contributed by atoms with van der Waals surface area (Å²) in [5.41, 5.74) is 2.90. The zero-order valence-corrected chi connectivity index (χ0v) is 18.2. The van der Waals surface area contributed by atoms with Gasteiger partial charge in [0.1, 0.15) is 6.04 Å². The first-order valence-corrected chi connectivity index (χ1v) is 10.5. The first-order chi connectivity index (χ1) is 15.9. The molecule has 8 heteroatoms. The van der Waals surface area contributed by atoms with Gasteiger partial charge >= 0.3 is 5.97 Å². The van der Waals surface area contributed by atoms with Crippen molar-refractivity contribution in [3.05, 3.63) is 59.7 Å². The standard InChI is InChI=1S/C25H24N4O4/c1-3-20(24(31)28-15-23(30)29-11-5-8-19(29)14-26)21-10-9-17(13-22(21)27-2)16-6-4-7-18(12-16)25(32)33/h3-4,6-7,9-10,12-13,19H,2,5,8,11,15H2,1H3,(H,28,31)(H,32,33)/b20-3+/t19-/m0/s1. The van der Waals surface area contributed by atoms with Gasteiger partial charge in [-0.15, -0.1) is 0 Å². The van der Waals surface area contributed by atoms with Crippen molar-refractivity contribution in [2.24, 2.45) is 4.99 Å². The number of nitriles is 1. The number of rotatable bonds is 7. The van der Waals surface area contributed by atoms with Crippen LogP contribution in [0.2, 0.25) is 0 Å². The molecule has 33 heavy (non-hydrogen) atoms. The van der Waals surface area contributed by atoms with E-state index in [1.807, 2.05) is 0 Å². The molecule has 3 rings (SSSR count). The number of allylic oxidation sites excluding steroid dienone is 1. The third kappa shape index (κ3) is 5.15. The number of carboxylic acids is 1. The molecule has 1 heterocycles. The second kappa shape index (κ2) is 10.4. The molecule has 2 N–H and O–H groups in total. The Bertz CT molecular complexity index is 1180. The molecule has 2 aromatic carbocycles. The van der Waals surface area contributed by atoms with Crippen molar-refractivity contribution in [2.45, 2.75) is 25.8 Å². The van der Waals surface area contributed by atoms with Crippen molar-refractivity contribution in [2.75, 3.05) is 13.1 Å². The van der Waals surface area contributed by atoms with E-state index >= 15 is 0 Å². The van der Waals surface area contributed by atoms with Gasteiger partial charge in [0.25, 0.3) is 5.91 Å². The van der Waals surface area contributed by atoms with E-state index in [0.717, 1.165) is 12.0 Å². The minimum absolute atomic E-state index is 0.166. The van der Waals surface area contributed by atoms with E-state index in [1.165, 1.54) is 11.0 Å². The normalized spacial score (nSPS) is 15.6. The predicted molar refractivity (Wildman–Crippen MR) is 125 cm³/mol. The van der Waals surface area contributed by atoms with Crippen LogP contribution in [0.25, 0.3) is 16.7 Å². The molecule has 1 fully saturated rings. The van der Waals surface area contributed by atoms with Gasteiger partial charge in [-0.05, 0) is 55.8 Å². The molecule has 0 aliphatic carbocycles. The fourth-order valence-corrected chi connectivity index (χ4v) is 3.86. The zero-order valence-electron chi connectivity index (χ0n) is 18.2. The second-order valence-corrected chi connectivity index (χ2v) is 7.54. The van der Waals surface area contributed by atoms with Crippen molar-refractivity contribution in [3.8, 4) is 17.2 Å². The van der Waals surface area contributed by atoms with Gasteiger partial charge in [0.05, 0.1) is 23.9 Å². The Morgan fingerprint density at radius 3 is 2.70 bits per heavy atom. The summed E-state index contributed by atoms with van der Waals surface area (Å²) in [5, 5.41) is 21.0. The molecule has 1 aliphatic rings. The lowest BCUT2D eigenvalue weighted by atomic mass is 9.97. The molecular weight excluding hydrogens is 420 g/mol. The van der Waals surface area contributed by atoms with Crippen LogP contribution in [0, 0.1) is 11.3 Å². The summed E-state index contributed by atoms with van der Waals surface area (Å²) in [6, 6.07) is 13.4. The van der Waals surface area contributed by atoms with Crippen molar-refractivity contribution < 1.29 is 19.5 Å². The molecule has 0 spiro atoms. The van der Waals surface area contributed by atoms with Gasteiger partial charge < -0.3 is 15.3 Å². The van der Waals surface area contributed by atoms with Crippen LogP contribution in [0.5, 0.6) is 0 Å². The Labute approximate surface area is 191 Å². The summed E-state index contributed by atoms with van der Waals surface area (Å²) in [5.74, 6) is -1.75. The van der Waals surface area contributed by atoms with E-state index in [1.54, 1.807) is 49.4 Å². The molecular formula is C25H24N4O4. The smallest absolute Gasteiger partial charge is 0.335 e. The van der Waals surface area contributed by atoms with Crippen LogP contribution in [0.4, 0.5) is 5.69 Å². The Balaban J connectivity index is 1.79. The molecule has 1 atom stereocenters. The SMILES string of the molecule is C=Nc1cc(-c2cccc(C(=O)O)c2)ccc1/C(=C\C)C(=O)NCC(=O)N1CCC[C@H]1C#N. The maximum atomic E-state index is 12.8. The highest BCUT2D eigenvalue weighted by Crippen LogP contribution is 2.32. The van der Waals surface area contributed by atoms with Crippen molar-refractivity contribution >= 4 is 35.8 Å². The average molecular weight is 444 g/mol. The summed E-state index contributed by atoms with van der Waals surface area (Å²) in [6.07, 6.45) is 3.04. The Kier molecular flexibility index (Phi) is 7.36. The number of aliphatic imine (C=N–C) groups is 1. The van der Waals surface area contributed by atoms with Crippen molar-refractivity contribution in [3.63, 3.8) is 0 Å². The third-order valence-electron chi connectivity index (χ3n) is 5.56. The Hall–Kier alpha value is -4.25. The molecule has 2 amide bonds. The van der Waals surface area contributed by atoms with Gasteiger partial charge in [-0.25, -0.2) is 4.79 Å². The van der Waals surface area contributed by atoms with Crippen molar-refractivity contribution in [1.29, 1.82) is 5.26 Å². The lowest BCUT2D eigenvalue weighted by molar-refractivity contribution is -0.131. The quantitative estimate of drug-likeness (QED) is 0.500. The molecule has 0 unspecified atom stereocenters. The van der Waals surface area contributed by atoms with E-state index in [9.17, 15) is 19.5 Å². The molecule has 8 nitrogen and oxygen atoms in total. The minimum atomic E-state index is -1.02. The van der Waals surface area contributed by atoms with Gasteiger partial charge in [-0.3, -0.25) is 14.6 Å². The number of amides is 2. The van der Waals surface area contributed by atoms with Crippen LogP contribution in [0.15, 0.2) is 53.5 Å². The van der Waals surface area contributed by atoms with Gasteiger partial charge in [0.2, 0.25) is 5.91 Å². The van der Waals surface area contributed by atoms with Crippen molar-refractivity contribution in [1.82, 2.24) is 10.2 Å². The number of aromatic carboxylic acids is 1. The van der Waals surface area contributed by atoms with E-state index in [4.69, 9.17) is 5.26 Å². The van der Waals surface area contributed by atoms with Crippen LogP contribution in [-0.2, 0) is 9.59 Å². The number of hydrogen-bond donors (Lipinski definition) is 2. The first-order valence-electron chi connectivity index (χ1n) is 10.5. The first kappa shape index (κ1) is 23.4. The number of nitrogens with zero attached hydrogens (tertiary/aromatic N) is 3. The summed E-state index contributed by atoms with van der Waals surface area (Å²) < 4.78 is 0. The van der Waals surface area contributed by atoms with Gasteiger partial charge in [-0.1, -0.05) is 30.3 Å². The fourth-order valence-electron chi connectivity index (χ4n) is 3.86. The number of likely N-dealkylation sites (tertiary alicyclic amines) is 1. The van der Waals surface area contributed by atoms with Gasteiger partial charge in [-0.2, -0.15) is 5.26 Å². The molecule has 0 bridgehead atoms. The summed E-state index contributed by atoms with van der Waals surface area (Å²) in [4.78, 5) is 42.1. The summed E-state index contributed by atoms with van der Waals surface area (Å²) >= 11 is 0. The topological polar surface area (TPSA) is 123 Å². The number of carboxylic acid groups (broad SMARTS) is 1. The van der Waals surface area contributed by atoms with E-state index in [-0.39, 0.29) is 18.0 Å². The highest BCUT2D eigenvalue weighted by molar-refractivity contribution is 6.21. The average Bonchev–Trinajstić information content (AvgIpc) is 3.32. The highest BCUT2D eigenvalue weighted by Gasteiger charge is 2.28. The predicted octanol–water partition coefficient (Wildman–Crippen LogP) is 3.42. The van der Waals surface area contributed by atoms with Gasteiger partial charge in [0.15, 0.2) is 0 Å². The molecule has 0 aromatic heterocycles. The monoisotopic (exact) mass is 444 g/mol. The van der Waals surface area contributed by atoms with E-state index < -0.39 is 17.9 Å². The molecule has 1 aliphatic heterocycles. The molecule has 0 radical (unpaired) electrons. The van der Waals surface area contributed by atoms with Crippen LogP contribution in [0.1, 0.15) is 35.7 Å². The zero-order chi connectivity index (χ0) is 24.0. The Morgan fingerprint density at radius 1 is 1.27 bits per heavy atom. The lowest BCUT2D eigenvalue weighted by Crippen LogP contribution is -2.42. The van der Waals surface area contributed by atoms with Crippen LogP contribution < -0.4 is 5.32 Å². The lowest BCUT2D eigenvalue weighted by Gasteiger charge is -2.20. The largest absolute Gasteiger partial charge is 0.478 e. The van der Waals surface area contributed by atoms with Gasteiger partial charge in [0, 0.05) is 17.7 Å². The van der Waals surface area contributed by atoms with E-state index in [2.05, 4.69) is 23.1 Å². The third-order valence-corrected chi connectivity index (χ3v) is 5.56. The number of carbonyl (C=O) groups is 3. The Morgan fingerprint density at radius 2 is 2.03 bits per heavy atom. The molecule has 0 saturated carbocycles. The molecule has 168 valence electrons. The number of hydrogen-bond acceptors (Lipinski definition) is 5. The number of carbonyl (C=O) groups excluding carboxylic acids is 2. The fraction of sp³-hybridized carbons (Fsp3) is 0.240. The summed E-state index contributed by atoms with van der Waals surface area (Å²) in [7, 11) is 0. The molecule has 1 saturated heterocycles.